The number of hydrogen-bond acceptors (Lipinski definition) is 7. The number of carboxylic acid groups (broad SMARTS) is 1. The second kappa shape index (κ2) is 8.55. The molecule has 1 rings (SSSR count). The number of ether oxygens (including phenoxy) is 1. The largest absolute Gasteiger partial charge is 0.481 e. The molecule has 0 saturated heterocycles. The first-order chi connectivity index (χ1) is 10.4. The van der Waals surface area contributed by atoms with Crippen molar-refractivity contribution < 1.29 is 24.4 Å². The number of nitro groups is 1. The highest BCUT2D eigenvalue weighted by atomic mass is 16.6. The third-order valence-corrected chi connectivity index (χ3v) is 2.79. The van der Waals surface area contributed by atoms with Crippen molar-refractivity contribution in [2.75, 3.05) is 11.9 Å². The van der Waals surface area contributed by atoms with Crippen LogP contribution in [0.15, 0.2) is 18.3 Å². The molecule has 22 heavy (non-hydrogen) atoms. The fourth-order valence-electron chi connectivity index (χ4n) is 1.52. The average Bonchev–Trinajstić information content (AvgIpc) is 2.49. The molecule has 1 atom stereocenters. The van der Waals surface area contributed by atoms with Gasteiger partial charge < -0.3 is 15.2 Å². The zero-order valence-corrected chi connectivity index (χ0v) is 12.0. The van der Waals surface area contributed by atoms with E-state index in [4.69, 9.17) is 9.84 Å². The first-order valence-corrected chi connectivity index (χ1v) is 6.66. The Morgan fingerprint density at radius 2 is 2.18 bits per heavy atom. The molecule has 2 N–H and O–H groups in total. The van der Waals surface area contributed by atoms with Crippen LogP contribution in [0.3, 0.4) is 0 Å². The minimum absolute atomic E-state index is 0.0631. The molecular weight excluding hydrogens is 294 g/mol. The number of aromatic nitrogens is 1. The molecule has 9 heteroatoms. The zero-order chi connectivity index (χ0) is 16.5. The molecule has 0 fully saturated rings. The number of aliphatic carboxylic acids is 1. The van der Waals surface area contributed by atoms with Crippen molar-refractivity contribution in [1.82, 2.24) is 4.98 Å². The van der Waals surface area contributed by atoms with Crippen molar-refractivity contribution in [1.29, 1.82) is 0 Å². The smallest absolute Gasteiger partial charge is 0.306 e. The van der Waals surface area contributed by atoms with Crippen LogP contribution < -0.4 is 5.32 Å². The molecule has 1 aromatic heterocycles. The minimum atomic E-state index is -1.06. The Morgan fingerprint density at radius 3 is 2.68 bits per heavy atom. The predicted octanol–water partition coefficient (Wildman–Crippen LogP) is 1.59. The van der Waals surface area contributed by atoms with Gasteiger partial charge >= 0.3 is 11.9 Å². The molecule has 1 aromatic rings. The van der Waals surface area contributed by atoms with Crippen LogP contribution in [-0.4, -0.2) is 39.6 Å². The Hall–Kier alpha value is -2.71. The molecular formula is C13H17N3O6. The summed E-state index contributed by atoms with van der Waals surface area (Å²) in [4.78, 5) is 35.6. The van der Waals surface area contributed by atoms with Gasteiger partial charge in [-0.2, -0.15) is 0 Å². The van der Waals surface area contributed by atoms with Crippen LogP contribution in [0.25, 0.3) is 0 Å². The van der Waals surface area contributed by atoms with Crippen LogP contribution in [-0.2, 0) is 14.3 Å². The molecule has 0 aliphatic carbocycles. The number of rotatable bonds is 9. The van der Waals surface area contributed by atoms with E-state index in [1.54, 1.807) is 0 Å². The van der Waals surface area contributed by atoms with Gasteiger partial charge in [0.1, 0.15) is 18.6 Å². The number of esters is 1. The van der Waals surface area contributed by atoms with E-state index in [1.807, 2.05) is 6.92 Å². The Bertz CT molecular complexity index is 531. The number of carbonyl (C=O) groups is 2. The molecule has 0 aliphatic heterocycles. The van der Waals surface area contributed by atoms with Gasteiger partial charge in [-0.05, 0) is 12.5 Å². The lowest BCUT2D eigenvalue weighted by Crippen LogP contribution is -2.26. The summed E-state index contributed by atoms with van der Waals surface area (Å²) in [5.74, 6) is -1.21. The van der Waals surface area contributed by atoms with Gasteiger partial charge in [-0.3, -0.25) is 19.7 Å². The maximum absolute atomic E-state index is 11.3. The predicted molar refractivity (Wildman–Crippen MR) is 76.4 cm³/mol. The van der Waals surface area contributed by atoms with Gasteiger partial charge in [0.25, 0.3) is 5.69 Å². The Balaban J connectivity index is 2.45. The lowest BCUT2D eigenvalue weighted by molar-refractivity contribution is -0.385. The summed E-state index contributed by atoms with van der Waals surface area (Å²) in [6.07, 6.45) is 1.31. The van der Waals surface area contributed by atoms with E-state index in [9.17, 15) is 19.7 Å². The number of pyridine rings is 1. The van der Waals surface area contributed by atoms with E-state index in [2.05, 4.69) is 10.3 Å². The van der Waals surface area contributed by atoms with Crippen molar-refractivity contribution >= 4 is 23.4 Å². The molecule has 0 spiro atoms. The third kappa shape index (κ3) is 6.16. The normalized spacial score (nSPS) is 11.5. The SMILES string of the molecule is CCC(COC(=O)CCC(=O)O)Nc1ccc([N+](=O)[O-])cn1. The summed E-state index contributed by atoms with van der Waals surface area (Å²) in [5.41, 5.74) is -0.112. The molecule has 1 heterocycles. The molecule has 120 valence electrons. The van der Waals surface area contributed by atoms with E-state index < -0.39 is 16.9 Å². The number of anilines is 1. The Morgan fingerprint density at radius 1 is 1.45 bits per heavy atom. The van der Waals surface area contributed by atoms with Gasteiger partial charge in [0.05, 0.1) is 23.8 Å². The summed E-state index contributed by atoms with van der Waals surface area (Å²) < 4.78 is 4.98. The average molecular weight is 311 g/mol. The van der Waals surface area contributed by atoms with Crippen molar-refractivity contribution in [2.24, 2.45) is 0 Å². The summed E-state index contributed by atoms with van der Waals surface area (Å²) in [5, 5.41) is 22.0. The van der Waals surface area contributed by atoms with Crippen LogP contribution in [0.4, 0.5) is 11.5 Å². The van der Waals surface area contributed by atoms with E-state index in [-0.39, 0.29) is 31.2 Å². The molecule has 1 unspecified atom stereocenters. The fraction of sp³-hybridized carbons (Fsp3) is 0.462. The topological polar surface area (TPSA) is 132 Å². The van der Waals surface area contributed by atoms with Crippen LogP contribution in [0.1, 0.15) is 26.2 Å². The lowest BCUT2D eigenvalue weighted by atomic mass is 10.2. The second-order valence-corrected chi connectivity index (χ2v) is 4.49. The van der Waals surface area contributed by atoms with E-state index >= 15 is 0 Å². The quantitative estimate of drug-likeness (QED) is 0.399. The first-order valence-electron chi connectivity index (χ1n) is 6.66. The maximum atomic E-state index is 11.3. The van der Waals surface area contributed by atoms with Crippen molar-refractivity contribution in [3.8, 4) is 0 Å². The van der Waals surface area contributed by atoms with Crippen molar-refractivity contribution in [3.05, 3.63) is 28.4 Å². The zero-order valence-electron chi connectivity index (χ0n) is 12.0. The van der Waals surface area contributed by atoms with E-state index in [1.165, 1.54) is 12.1 Å². The van der Waals surface area contributed by atoms with Crippen molar-refractivity contribution in [3.63, 3.8) is 0 Å². The lowest BCUT2D eigenvalue weighted by Gasteiger charge is -2.17. The highest BCUT2D eigenvalue weighted by Gasteiger charge is 2.13. The summed E-state index contributed by atoms with van der Waals surface area (Å²) in [6.45, 7) is 1.93. The number of nitrogens with one attached hydrogen (secondary N) is 1. The van der Waals surface area contributed by atoms with Crippen LogP contribution in [0, 0.1) is 10.1 Å². The Kier molecular flexibility index (Phi) is 6.74. The molecule has 9 nitrogen and oxygen atoms in total. The van der Waals surface area contributed by atoms with Crippen LogP contribution >= 0.6 is 0 Å². The monoisotopic (exact) mass is 311 g/mol. The molecule has 0 aliphatic rings. The van der Waals surface area contributed by atoms with Crippen LogP contribution in [0.5, 0.6) is 0 Å². The third-order valence-electron chi connectivity index (χ3n) is 2.79. The first kappa shape index (κ1) is 17.3. The summed E-state index contributed by atoms with van der Waals surface area (Å²) >= 11 is 0. The maximum Gasteiger partial charge on any atom is 0.306 e. The van der Waals surface area contributed by atoms with Gasteiger partial charge in [0.2, 0.25) is 0 Å². The summed E-state index contributed by atoms with van der Waals surface area (Å²) in [6, 6.07) is 2.57. The van der Waals surface area contributed by atoms with Crippen LogP contribution in [0.2, 0.25) is 0 Å². The number of hydrogen-bond donors (Lipinski definition) is 2. The van der Waals surface area contributed by atoms with Gasteiger partial charge in [0.15, 0.2) is 0 Å². The van der Waals surface area contributed by atoms with Gasteiger partial charge in [-0.25, -0.2) is 4.98 Å². The highest BCUT2D eigenvalue weighted by Crippen LogP contribution is 2.13. The number of nitrogens with zero attached hydrogens (tertiary/aromatic N) is 2. The molecule has 0 radical (unpaired) electrons. The number of carbonyl (C=O) groups excluding carboxylic acids is 1. The van der Waals surface area contributed by atoms with Crippen molar-refractivity contribution in [2.45, 2.75) is 32.2 Å². The molecule has 0 bridgehead atoms. The highest BCUT2D eigenvalue weighted by molar-refractivity contribution is 5.76. The summed E-state index contributed by atoms with van der Waals surface area (Å²) in [7, 11) is 0. The molecule has 0 amide bonds. The Labute approximate surface area is 126 Å². The second-order valence-electron chi connectivity index (χ2n) is 4.49. The molecule has 0 saturated carbocycles. The van der Waals surface area contributed by atoms with Gasteiger partial charge in [-0.15, -0.1) is 0 Å². The van der Waals surface area contributed by atoms with Gasteiger partial charge in [-0.1, -0.05) is 6.92 Å². The van der Waals surface area contributed by atoms with E-state index in [0.717, 1.165) is 6.20 Å². The van der Waals surface area contributed by atoms with Gasteiger partial charge in [0, 0.05) is 6.07 Å². The standard InChI is InChI=1S/C13H17N3O6/c1-2-9(8-22-13(19)6-5-12(17)18)15-11-4-3-10(7-14-11)16(20)21/h3-4,7,9H,2,5-6,8H2,1H3,(H,14,15)(H,17,18). The minimum Gasteiger partial charge on any atom is -0.481 e. The van der Waals surface area contributed by atoms with E-state index in [0.29, 0.717) is 12.2 Å². The molecule has 0 aromatic carbocycles. The fourth-order valence-corrected chi connectivity index (χ4v) is 1.52. The number of carboxylic acids is 1.